The molecule has 1 amide bonds. The molecule has 1 aliphatic rings. The summed E-state index contributed by atoms with van der Waals surface area (Å²) in [5.74, 6) is 0.809. The van der Waals surface area contributed by atoms with E-state index in [4.69, 9.17) is 9.72 Å². The van der Waals surface area contributed by atoms with Crippen molar-refractivity contribution in [2.75, 3.05) is 26.8 Å². The molecule has 0 spiro atoms. The van der Waals surface area contributed by atoms with Gasteiger partial charge in [-0.05, 0) is 36.2 Å². The van der Waals surface area contributed by atoms with Crippen LogP contribution in [0.5, 0.6) is 0 Å². The van der Waals surface area contributed by atoms with Crippen LogP contribution >= 0.6 is 0 Å². The van der Waals surface area contributed by atoms with Crippen LogP contribution in [0, 0.1) is 5.82 Å². The zero-order valence-electron chi connectivity index (χ0n) is 15.8. The van der Waals surface area contributed by atoms with Crippen LogP contribution in [0.3, 0.4) is 0 Å². The monoisotopic (exact) mass is 382 g/mol. The molecular formula is C21H23FN4O2. The molecule has 0 aliphatic carbocycles. The number of methoxy groups -OCH3 is 1. The van der Waals surface area contributed by atoms with Crippen molar-refractivity contribution in [1.82, 2.24) is 19.4 Å². The number of amides is 1. The van der Waals surface area contributed by atoms with Crippen molar-refractivity contribution in [2.24, 2.45) is 0 Å². The molecular weight excluding hydrogens is 359 g/mol. The van der Waals surface area contributed by atoms with Crippen molar-refractivity contribution in [3.63, 3.8) is 0 Å². The molecule has 28 heavy (non-hydrogen) atoms. The molecule has 0 bridgehead atoms. The lowest BCUT2D eigenvalue weighted by Gasteiger charge is -2.17. The van der Waals surface area contributed by atoms with Gasteiger partial charge in [-0.3, -0.25) is 4.79 Å². The number of halogens is 1. The first-order valence-electron chi connectivity index (χ1n) is 9.48. The van der Waals surface area contributed by atoms with Crippen molar-refractivity contribution >= 4 is 17.1 Å². The van der Waals surface area contributed by atoms with Crippen molar-refractivity contribution in [2.45, 2.75) is 25.3 Å². The maximum absolute atomic E-state index is 13.4. The lowest BCUT2D eigenvalue weighted by atomic mass is 10.1. The maximum Gasteiger partial charge on any atom is 0.227 e. The Kier molecular flexibility index (Phi) is 5.34. The summed E-state index contributed by atoms with van der Waals surface area (Å²) < 4.78 is 20.7. The van der Waals surface area contributed by atoms with E-state index in [-0.39, 0.29) is 24.1 Å². The number of hydrogen-bond donors (Lipinski definition) is 0. The fraction of sp³-hybridized carbons (Fsp3) is 0.381. The number of nitrogens with zero attached hydrogens (tertiary/aromatic N) is 4. The highest BCUT2D eigenvalue weighted by molar-refractivity contribution is 5.79. The largest absolute Gasteiger partial charge is 0.383 e. The second kappa shape index (κ2) is 8.06. The van der Waals surface area contributed by atoms with Gasteiger partial charge in [0.2, 0.25) is 5.91 Å². The Labute approximate surface area is 163 Å². The summed E-state index contributed by atoms with van der Waals surface area (Å²) in [6, 6.07) is 10.1. The lowest BCUT2D eigenvalue weighted by Crippen LogP contribution is -2.30. The minimum absolute atomic E-state index is 0.0192. The van der Waals surface area contributed by atoms with Gasteiger partial charge in [0.25, 0.3) is 0 Å². The number of fused-ring (bicyclic) bond motifs is 1. The number of benzene rings is 1. The third kappa shape index (κ3) is 3.75. The molecule has 146 valence electrons. The zero-order chi connectivity index (χ0) is 19.5. The second-order valence-corrected chi connectivity index (χ2v) is 7.09. The van der Waals surface area contributed by atoms with Gasteiger partial charge >= 0.3 is 0 Å². The number of ether oxygens (including phenoxy) is 1. The molecule has 1 aromatic carbocycles. The van der Waals surface area contributed by atoms with Crippen LogP contribution in [0.4, 0.5) is 4.39 Å². The summed E-state index contributed by atoms with van der Waals surface area (Å²) in [6.45, 7) is 2.54. The van der Waals surface area contributed by atoms with Gasteiger partial charge in [0.15, 0.2) is 5.65 Å². The van der Waals surface area contributed by atoms with Crippen LogP contribution in [0.2, 0.25) is 0 Å². The van der Waals surface area contributed by atoms with Gasteiger partial charge < -0.3 is 14.2 Å². The summed E-state index contributed by atoms with van der Waals surface area (Å²) in [6.07, 6.45) is 2.83. The van der Waals surface area contributed by atoms with Crippen LogP contribution in [0.25, 0.3) is 11.2 Å². The molecule has 7 heteroatoms. The molecule has 4 rings (SSSR count). The van der Waals surface area contributed by atoms with Gasteiger partial charge in [-0.2, -0.15) is 0 Å². The van der Waals surface area contributed by atoms with E-state index >= 15 is 0 Å². The van der Waals surface area contributed by atoms with Crippen LogP contribution < -0.4 is 0 Å². The Balaban J connectivity index is 1.51. The fourth-order valence-electron chi connectivity index (χ4n) is 3.82. The summed E-state index contributed by atoms with van der Waals surface area (Å²) in [5.41, 5.74) is 2.40. The smallest absolute Gasteiger partial charge is 0.227 e. The number of carbonyl (C=O) groups is 1. The van der Waals surface area contributed by atoms with Crippen LogP contribution in [0.15, 0.2) is 42.6 Å². The van der Waals surface area contributed by atoms with E-state index in [9.17, 15) is 9.18 Å². The quantitative estimate of drug-likeness (QED) is 0.658. The molecule has 1 atom stereocenters. The SMILES string of the molecule is COCCn1c([C@H]2CCN(C(=O)Cc3cccc(F)c3)C2)nc2cccnc21. The van der Waals surface area contributed by atoms with E-state index in [1.807, 2.05) is 17.0 Å². The molecule has 0 N–H and O–H groups in total. The van der Waals surface area contributed by atoms with Gasteiger partial charge in [-0.15, -0.1) is 0 Å². The number of imidazole rings is 1. The highest BCUT2D eigenvalue weighted by Gasteiger charge is 2.31. The standard InChI is InChI=1S/C21H23FN4O2/c1-28-11-10-26-20(24-18-6-3-8-23-21(18)26)16-7-9-25(14-16)19(27)13-15-4-2-5-17(22)12-15/h2-6,8,12,16H,7,9-11,13-14H2,1H3/t16-/m0/s1. The van der Waals surface area contributed by atoms with Crippen molar-refractivity contribution < 1.29 is 13.9 Å². The predicted molar refractivity (Wildman–Crippen MR) is 103 cm³/mol. The first-order chi connectivity index (χ1) is 13.7. The van der Waals surface area contributed by atoms with E-state index in [2.05, 4.69) is 9.55 Å². The van der Waals surface area contributed by atoms with E-state index in [1.54, 1.807) is 25.4 Å². The topological polar surface area (TPSA) is 60.2 Å². The van der Waals surface area contributed by atoms with Crippen LogP contribution in [0.1, 0.15) is 23.7 Å². The molecule has 0 saturated carbocycles. The third-order valence-corrected chi connectivity index (χ3v) is 5.20. The second-order valence-electron chi connectivity index (χ2n) is 7.09. The van der Waals surface area contributed by atoms with Crippen molar-refractivity contribution in [3.05, 3.63) is 59.8 Å². The Hall–Kier alpha value is -2.80. The number of rotatable bonds is 6. The summed E-state index contributed by atoms with van der Waals surface area (Å²) >= 11 is 0. The van der Waals surface area contributed by atoms with Crippen molar-refractivity contribution in [1.29, 1.82) is 0 Å². The highest BCUT2D eigenvalue weighted by atomic mass is 19.1. The minimum atomic E-state index is -0.316. The Morgan fingerprint density at radius 3 is 3.04 bits per heavy atom. The van der Waals surface area contributed by atoms with Crippen LogP contribution in [-0.2, 0) is 22.5 Å². The zero-order valence-corrected chi connectivity index (χ0v) is 15.8. The number of pyridine rings is 1. The average Bonchev–Trinajstić information content (AvgIpc) is 3.31. The number of aromatic nitrogens is 3. The molecule has 2 aromatic heterocycles. The first-order valence-corrected chi connectivity index (χ1v) is 9.48. The molecule has 0 radical (unpaired) electrons. The van der Waals surface area contributed by atoms with Crippen LogP contribution in [-0.4, -0.2) is 52.1 Å². The molecule has 0 unspecified atom stereocenters. The average molecular weight is 382 g/mol. The Morgan fingerprint density at radius 2 is 2.21 bits per heavy atom. The molecule has 3 aromatic rings. The fourth-order valence-corrected chi connectivity index (χ4v) is 3.82. The predicted octanol–water partition coefficient (Wildman–Crippen LogP) is 2.78. The van der Waals surface area contributed by atoms with Gasteiger partial charge in [-0.25, -0.2) is 14.4 Å². The van der Waals surface area contributed by atoms with Gasteiger partial charge in [0, 0.05) is 38.9 Å². The first kappa shape index (κ1) is 18.6. The van der Waals surface area contributed by atoms with Crippen molar-refractivity contribution in [3.8, 4) is 0 Å². The molecule has 1 aliphatic heterocycles. The normalized spacial score (nSPS) is 16.8. The van der Waals surface area contributed by atoms with E-state index in [0.29, 0.717) is 31.8 Å². The third-order valence-electron chi connectivity index (χ3n) is 5.20. The summed E-state index contributed by atoms with van der Waals surface area (Å²) in [4.78, 5) is 23.8. The lowest BCUT2D eigenvalue weighted by molar-refractivity contribution is -0.129. The van der Waals surface area contributed by atoms with E-state index in [0.717, 1.165) is 23.4 Å². The van der Waals surface area contributed by atoms with E-state index in [1.165, 1.54) is 12.1 Å². The minimum Gasteiger partial charge on any atom is -0.383 e. The molecule has 3 heterocycles. The van der Waals surface area contributed by atoms with Gasteiger partial charge in [0.05, 0.1) is 13.0 Å². The van der Waals surface area contributed by atoms with Gasteiger partial charge in [-0.1, -0.05) is 12.1 Å². The van der Waals surface area contributed by atoms with Gasteiger partial charge in [0.1, 0.15) is 17.2 Å². The number of carbonyl (C=O) groups excluding carboxylic acids is 1. The Morgan fingerprint density at radius 1 is 1.32 bits per heavy atom. The Bertz CT molecular complexity index is 987. The summed E-state index contributed by atoms with van der Waals surface area (Å²) in [5, 5.41) is 0. The highest BCUT2D eigenvalue weighted by Crippen LogP contribution is 2.29. The summed E-state index contributed by atoms with van der Waals surface area (Å²) in [7, 11) is 1.68. The molecule has 6 nitrogen and oxygen atoms in total. The number of hydrogen-bond acceptors (Lipinski definition) is 4. The van der Waals surface area contributed by atoms with E-state index < -0.39 is 0 Å². The number of likely N-dealkylation sites (tertiary alicyclic amines) is 1. The molecule has 1 saturated heterocycles. The maximum atomic E-state index is 13.4. The molecule has 1 fully saturated rings.